The quantitative estimate of drug-likeness (QED) is 0.558. The van der Waals surface area contributed by atoms with Crippen LogP contribution in [-0.4, -0.2) is 0 Å². The molecule has 2 rings (SSSR count). The lowest BCUT2D eigenvalue weighted by Gasteiger charge is -2.18. The van der Waals surface area contributed by atoms with Crippen LogP contribution in [0.2, 0.25) is 0 Å². The third-order valence-electron chi connectivity index (χ3n) is 4.21. The summed E-state index contributed by atoms with van der Waals surface area (Å²) in [5.74, 6) is 4.03. The van der Waals surface area contributed by atoms with E-state index in [0.29, 0.717) is 0 Å². The molecule has 2 aliphatic rings. The molecule has 0 aromatic carbocycles. The molecule has 0 heteroatoms. The molecule has 0 radical (unpaired) electrons. The summed E-state index contributed by atoms with van der Waals surface area (Å²) in [5, 5.41) is 0. The molecule has 0 amide bonds. The minimum atomic E-state index is 0.934. The molecule has 1 saturated carbocycles. The standard InChI is InChI=1S/C13H22/c1-4-9(2)10(3)13-8-12(13)7-11-5-6-11/h5,9-10,12-13H,4,6-8H2,1-3H3. The smallest absolute Gasteiger partial charge is 0.0136 e. The van der Waals surface area contributed by atoms with E-state index in [4.69, 9.17) is 0 Å². The normalized spacial score (nSPS) is 35.2. The molecule has 13 heavy (non-hydrogen) atoms. The van der Waals surface area contributed by atoms with E-state index in [0.717, 1.165) is 23.7 Å². The zero-order chi connectivity index (χ0) is 9.42. The van der Waals surface area contributed by atoms with Crippen molar-refractivity contribution in [3.05, 3.63) is 11.6 Å². The highest BCUT2D eigenvalue weighted by molar-refractivity contribution is 5.23. The van der Waals surface area contributed by atoms with Crippen molar-refractivity contribution >= 4 is 0 Å². The molecule has 0 spiro atoms. The Labute approximate surface area is 82.4 Å². The van der Waals surface area contributed by atoms with Crippen molar-refractivity contribution in [2.45, 2.75) is 46.5 Å². The molecule has 74 valence electrons. The fraction of sp³-hybridized carbons (Fsp3) is 0.846. The Balaban J connectivity index is 1.74. The number of rotatable bonds is 5. The van der Waals surface area contributed by atoms with Crippen LogP contribution >= 0.6 is 0 Å². The van der Waals surface area contributed by atoms with Crippen molar-refractivity contribution in [1.82, 2.24) is 0 Å². The molecule has 0 heterocycles. The van der Waals surface area contributed by atoms with Crippen LogP contribution in [0.25, 0.3) is 0 Å². The first-order valence-electron chi connectivity index (χ1n) is 5.90. The molecular formula is C13H22. The molecule has 2 aliphatic carbocycles. The lowest BCUT2D eigenvalue weighted by molar-refractivity contribution is 0.323. The number of hydrogen-bond donors (Lipinski definition) is 0. The van der Waals surface area contributed by atoms with E-state index in [-0.39, 0.29) is 0 Å². The van der Waals surface area contributed by atoms with E-state index in [9.17, 15) is 0 Å². The summed E-state index contributed by atoms with van der Waals surface area (Å²) >= 11 is 0. The zero-order valence-corrected chi connectivity index (χ0v) is 9.22. The van der Waals surface area contributed by atoms with Crippen molar-refractivity contribution in [2.75, 3.05) is 0 Å². The van der Waals surface area contributed by atoms with Crippen molar-refractivity contribution in [3.8, 4) is 0 Å². The van der Waals surface area contributed by atoms with Gasteiger partial charge in [-0.25, -0.2) is 0 Å². The molecule has 0 aromatic rings. The fourth-order valence-electron chi connectivity index (χ4n) is 2.52. The van der Waals surface area contributed by atoms with Gasteiger partial charge in [0, 0.05) is 0 Å². The Kier molecular flexibility index (Phi) is 2.49. The molecule has 0 aromatic heterocycles. The van der Waals surface area contributed by atoms with Crippen LogP contribution in [0.15, 0.2) is 11.6 Å². The molecule has 0 aliphatic heterocycles. The van der Waals surface area contributed by atoms with Gasteiger partial charge in [0.05, 0.1) is 0 Å². The van der Waals surface area contributed by atoms with Gasteiger partial charge in [0.2, 0.25) is 0 Å². The summed E-state index contributed by atoms with van der Waals surface area (Å²) in [6.07, 6.45) is 8.03. The van der Waals surface area contributed by atoms with Crippen LogP contribution in [0.4, 0.5) is 0 Å². The zero-order valence-electron chi connectivity index (χ0n) is 9.22. The lowest BCUT2D eigenvalue weighted by Crippen LogP contribution is -2.10. The minimum absolute atomic E-state index is 0.934. The predicted octanol–water partition coefficient (Wildman–Crippen LogP) is 4.02. The molecule has 1 fully saturated rings. The minimum Gasteiger partial charge on any atom is -0.0809 e. The van der Waals surface area contributed by atoms with Gasteiger partial charge in [-0.05, 0) is 42.9 Å². The third-order valence-corrected chi connectivity index (χ3v) is 4.21. The Morgan fingerprint density at radius 3 is 2.69 bits per heavy atom. The topological polar surface area (TPSA) is 0 Å². The second-order valence-corrected chi connectivity index (χ2v) is 5.17. The largest absolute Gasteiger partial charge is 0.0809 e. The van der Waals surface area contributed by atoms with Crippen LogP contribution < -0.4 is 0 Å². The average Bonchev–Trinajstić information content (AvgIpc) is 3.00. The van der Waals surface area contributed by atoms with Crippen LogP contribution in [0.1, 0.15) is 46.5 Å². The maximum atomic E-state index is 2.46. The van der Waals surface area contributed by atoms with E-state index >= 15 is 0 Å². The third kappa shape index (κ3) is 2.15. The molecule has 0 saturated heterocycles. The first kappa shape index (κ1) is 9.30. The van der Waals surface area contributed by atoms with Crippen LogP contribution in [0.3, 0.4) is 0 Å². The number of allylic oxidation sites excluding steroid dienone is 2. The average molecular weight is 178 g/mol. The second kappa shape index (κ2) is 3.48. The Morgan fingerprint density at radius 2 is 2.15 bits per heavy atom. The fourth-order valence-corrected chi connectivity index (χ4v) is 2.52. The summed E-state index contributed by atoms with van der Waals surface area (Å²) in [4.78, 5) is 0. The van der Waals surface area contributed by atoms with Gasteiger partial charge in [0.15, 0.2) is 0 Å². The molecular weight excluding hydrogens is 156 g/mol. The van der Waals surface area contributed by atoms with Gasteiger partial charge in [-0.1, -0.05) is 38.8 Å². The van der Waals surface area contributed by atoms with Gasteiger partial charge in [0.25, 0.3) is 0 Å². The van der Waals surface area contributed by atoms with E-state index in [2.05, 4.69) is 26.8 Å². The first-order chi connectivity index (χ1) is 6.22. The summed E-state index contributed by atoms with van der Waals surface area (Å²) in [6.45, 7) is 7.19. The molecule has 4 atom stereocenters. The highest BCUT2D eigenvalue weighted by Gasteiger charge is 2.42. The van der Waals surface area contributed by atoms with Crippen molar-refractivity contribution in [3.63, 3.8) is 0 Å². The maximum absolute atomic E-state index is 2.46. The predicted molar refractivity (Wildman–Crippen MR) is 57.5 cm³/mol. The summed E-state index contributed by atoms with van der Waals surface area (Å²) in [7, 11) is 0. The van der Waals surface area contributed by atoms with E-state index in [1.165, 1.54) is 25.7 Å². The van der Waals surface area contributed by atoms with E-state index < -0.39 is 0 Å². The molecule has 0 bridgehead atoms. The SMILES string of the molecule is CCC(C)C(C)C1CC1CC1=CC1. The van der Waals surface area contributed by atoms with Crippen molar-refractivity contribution in [2.24, 2.45) is 23.7 Å². The summed E-state index contributed by atoms with van der Waals surface area (Å²) < 4.78 is 0. The molecule has 0 nitrogen and oxygen atoms in total. The van der Waals surface area contributed by atoms with Gasteiger partial charge >= 0.3 is 0 Å². The van der Waals surface area contributed by atoms with Crippen molar-refractivity contribution in [1.29, 1.82) is 0 Å². The summed E-state index contributed by atoms with van der Waals surface area (Å²) in [5.41, 5.74) is 1.74. The Bertz CT molecular complexity index is 214. The second-order valence-electron chi connectivity index (χ2n) is 5.17. The Morgan fingerprint density at radius 1 is 1.46 bits per heavy atom. The van der Waals surface area contributed by atoms with Crippen molar-refractivity contribution < 1.29 is 0 Å². The number of hydrogen-bond acceptors (Lipinski definition) is 0. The Hall–Kier alpha value is -0.260. The highest BCUT2D eigenvalue weighted by Crippen LogP contribution is 2.51. The van der Waals surface area contributed by atoms with E-state index in [1.54, 1.807) is 5.57 Å². The first-order valence-corrected chi connectivity index (χ1v) is 5.90. The molecule has 0 N–H and O–H groups in total. The van der Waals surface area contributed by atoms with E-state index in [1.807, 2.05) is 0 Å². The molecule has 4 unspecified atom stereocenters. The van der Waals surface area contributed by atoms with Crippen LogP contribution in [0, 0.1) is 23.7 Å². The van der Waals surface area contributed by atoms with Gasteiger partial charge in [-0.15, -0.1) is 0 Å². The van der Waals surface area contributed by atoms with Gasteiger partial charge in [0.1, 0.15) is 0 Å². The van der Waals surface area contributed by atoms with Gasteiger partial charge in [-0.2, -0.15) is 0 Å². The van der Waals surface area contributed by atoms with Gasteiger partial charge in [-0.3, -0.25) is 0 Å². The van der Waals surface area contributed by atoms with Gasteiger partial charge < -0.3 is 0 Å². The summed E-state index contributed by atoms with van der Waals surface area (Å²) in [6, 6.07) is 0. The van der Waals surface area contributed by atoms with Crippen LogP contribution in [0.5, 0.6) is 0 Å². The highest BCUT2D eigenvalue weighted by atomic mass is 14.5. The van der Waals surface area contributed by atoms with Crippen LogP contribution in [-0.2, 0) is 0 Å². The maximum Gasteiger partial charge on any atom is -0.0136 e. The lowest BCUT2D eigenvalue weighted by atomic mass is 9.88. The monoisotopic (exact) mass is 178 g/mol.